The summed E-state index contributed by atoms with van der Waals surface area (Å²) in [7, 11) is 0. The quantitative estimate of drug-likeness (QED) is 0.512. The van der Waals surface area contributed by atoms with E-state index in [2.05, 4.69) is 20.4 Å². The maximum atomic E-state index is 13.2. The van der Waals surface area contributed by atoms with Crippen LogP contribution in [0.4, 0.5) is 5.82 Å². The standard InChI is InChI=1S/C21H18N6O2S/c1-13-7-8-22-17(9-13)24-18(28)10-15-12-30-21-25-19-16(20(29)26(15)21)11-23-27(19)14-5-3-2-4-6-14/h2-9,11,15H,10,12H2,1H3,(H,22,24,28)/t15-/m0/s1. The first-order valence-electron chi connectivity index (χ1n) is 9.51. The summed E-state index contributed by atoms with van der Waals surface area (Å²) in [5, 5.41) is 8.22. The molecule has 1 aliphatic rings. The number of carbonyl (C=O) groups excluding carboxylic acids is 1. The van der Waals surface area contributed by atoms with Crippen LogP contribution in [-0.4, -0.2) is 36.0 Å². The highest BCUT2D eigenvalue weighted by Crippen LogP contribution is 2.33. The summed E-state index contributed by atoms with van der Waals surface area (Å²) in [5.41, 5.74) is 2.21. The Hall–Kier alpha value is -3.46. The lowest BCUT2D eigenvalue weighted by Crippen LogP contribution is -2.28. The van der Waals surface area contributed by atoms with Gasteiger partial charge in [0.25, 0.3) is 5.56 Å². The zero-order valence-corrected chi connectivity index (χ0v) is 17.0. The number of pyridine rings is 1. The molecule has 4 heterocycles. The van der Waals surface area contributed by atoms with Crippen LogP contribution in [0.5, 0.6) is 0 Å². The third-order valence-electron chi connectivity index (χ3n) is 4.98. The fourth-order valence-corrected chi connectivity index (χ4v) is 4.68. The Morgan fingerprint density at radius 2 is 2.10 bits per heavy atom. The Bertz CT molecular complexity index is 1310. The molecule has 0 aliphatic carbocycles. The Balaban J connectivity index is 1.45. The molecular formula is C21H18N6O2S. The van der Waals surface area contributed by atoms with Gasteiger partial charge in [-0.3, -0.25) is 14.2 Å². The van der Waals surface area contributed by atoms with Crippen molar-refractivity contribution in [1.29, 1.82) is 0 Å². The summed E-state index contributed by atoms with van der Waals surface area (Å²) < 4.78 is 3.29. The van der Waals surface area contributed by atoms with Crippen LogP contribution >= 0.6 is 11.8 Å². The molecule has 0 unspecified atom stereocenters. The van der Waals surface area contributed by atoms with Crippen molar-refractivity contribution in [2.75, 3.05) is 11.1 Å². The van der Waals surface area contributed by atoms with Crippen LogP contribution in [0.15, 0.2) is 64.8 Å². The second kappa shape index (κ2) is 7.42. The van der Waals surface area contributed by atoms with E-state index in [-0.39, 0.29) is 23.9 Å². The molecule has 1 aromatic carbocycles. The minimum Gasteiger partial charge on any atom is -0.311 e. The van der Waals surface area contributed by atoms with Crippen molar-refractivity contribution in [2.24, 2.45) is 0 Å². The van der Waals surface area contributed by atoms with Gasteiger partial charge in [0, 0.05) is 18.4 Å². The second-order valence-corrected chi connectivity index (χ2v) is 8.12. The molecule has 0 saturated heterocycles. The van der Waals surface area contributed by atoms with Crippen molar-refractivity contribution in [2.45, 2.75) is 24.5 Å². The summed E-state index contributed by atoms with van der Waals surface area (Å²) in [6.07, 6.45) is 3.37. The number of benzene rings is 1. The Kier molecular flexibility index (Phi) is 4.59. The summed E-state index contributed by atoms with van der Waals surface area (Å²) in [4.78, 5) is 34.6. The first-order chi connectivity index (χ1) is 14.6. The lowest BCUT2D eigenvalue weighted by Gasteiger charge is -2.13. The highest BCUT2D eigenvalue weighted by Gasteiger charge is 2.29. The van der Waals surface area contributed by atoms with E-state index in [1.165, 1.54) is 11.8 Å². The van der Waals surface area contributed by atoms with Crippen molar-refractivity contribution in [3.8, 4) is 5.69 Å². The lowest BCUT2D eigenvalue weighted by atomic mass is 10.2. The number of nitrogens with one attached hydrogen (secondary N) is 1. The van der Waals surface area contributed by atoms with E-state index in [1.54, 1.807) is 21.6 Å². The van der Waals surface area contributed by atoms with E-state index in [4.69, 9.17) is 0 Å². The third-order valence-corrected chi connectivity index (χ3v) is 6.07. The molecule has 30 heavy (non-hydrogen) atoms. The van der Waals surface area contributed by atoms with Crippen molar-refractivity contribution in [3.63, 3.8) is 0 Å². The molecule has 0 saturated carbocycles. The number of nitrogens with zero attached hydrogens (tertiary/aromatic N) is 5. The molecule has 1 atom stereocenters. The minimum absolute atomic E-state index is 0.173. The van der Waals surface area contributed by atoms with Crippen LogP contribution in [0.1, 0.15) is 18.0 Å². The number of hydrogen-bond donors (Lipinski definition) is 1. The van der Waals surface area contributed by atoms with Gasteiger partial charge in [-0.05, 0) is 36.8 Å². The van der Waals surface area contributed by atoms with Crippen LogP contribution in [0.2, 0.25) is 0 Å². The molecule has 0 fully saturated rings. The minimum atomic E-state index is -0.265. The van der Waals surface area contributed by atoms with Crippen LogP contribution in [0.3, 0.4) is 0 Å². The average molecular weight is 418 g/mol. The molecule has 5 rings (SSSR count). The molecule has 1 aliphatic heterocycles. The predicted molar refractivity (Wildman–Crippen MR) is 115 cm³/mol. The maximum Gasteiger partial charge on any atom is 0.265 e. The van der Waals surface area contributed by atoms with Crippen molar-refractivity contribution < 1.29 is 4.79 Å². The van der Waals surface area contributed by atoms with Crippen LogP contribution in [0, 0.1) is 6.92 Å². The third kappa shape index (κ3) is 3.26. The first kappa shape index (κ1) is 18.6. The molecule has 0 radical (unpaired) electrons. The van der Waals surface area contributed by atoms with Crippen LogP contribution < -0.4 is 10.9 Å². The van der Waals surface area contributed by atoms with Crippen LogP contribution in [0.25, 0.3) is 16.7 Å². The van der Waals surface area contributed by atoms with E-state index in [0.29, 0.717) is 27.8 Å². The van der Waals surface area contributed by atoms with E-state index >= 15 is 0 Å². The first-order valence-corrected chi connectivity index (χ1v) is 10.5. The van der Waals surface area contributed by atoms with Gasteiger partial charge in [-0.2, -0.15) is 5.10 Å². The number of hydrogen-bond acceptors (Lipinski definition) is 6. The number of aryl methyl sites for hydroxylation is 1. The van der Waals surface area contributed by atoms with Crippen molar-refractivity contribution in [1.82, 2.24) is 24.3 Å². The highest BCUT2D eigenvalue weighted by atomic mass is 32.2. The van der Waals surface area contributed by atoms with E-state index in [9.17, 15) is 9.59 Å². The van der Waals surface area contributed by atoms with Crippen molar-refractivity contribution >= 4 is 34.5 Å². The molecule has 0 spiro atoms. The highest BCUT2D eigenvalue weighted by molar-refractivity contribution is 7.99. The maximum absolute atomic E-state index is 13.2. The predicted octanol–water partition coefficient (Wildman–Crippen LogP) is 2.96. The lowest BCUT2D eigenvalue weighted by molar-refractivity contribution is -0.116. The number of amides is 1. The fraction of sp³-hybridized carbons (Fsp3) is 0.190. The van der Waals surface area contributed by atoms with Gasteiger partial charge in [-0.25, -0.2) is 14.6 Å². The van der Waals surface area contributed by atoms with E-state index < -0.39 is 0 Å². The molecule has 1 amide bonds. The number of aromatic nitrogens is 5. The number of carbonyl (C=O) groups is 1. The monoisotopic (exact) mass is 418 g/mol. The van der Waals surface area contributed by atoms with Crippen LogP contribution in [-0.2, 0) is 4.79 Å². The normalized spacial score (nSPS) is 15.3. The zero-order chi connectivity index (χ0) is 20.7. The second-order valence-electron chi connectivity index (χ2n) is 7.13. The molecule has 150 valence electrons. The van der Waals surface area contributed by atoms with Gasteiger partial charge in [0.15, 0.2) is 10.8 Å². The molecule has 0 bridgehead atoms. The molecule has 9 heteroatoms. The smallest absolute Gasteiger partial charge is 0.265 e. The van der Waals surface area contributed by atoms with Gasteiger partial charge in [-0.15, -0.1) is 0 Å². The zero-order valence-electron chi connectivity index (χ0n) is 16.1. The van der Waals surface area contributed by atoms with Gasteiger partial charge in [0.2, 0.25) is 5.91 Å². The molecule has 4 aromatic rings. The summed E-state index contributed by atoms with van der Waals surface area (Å²) in [6.45, 7) is 1.94. The van der Waals surface area contributed by atoms with Gasteiger partial charge < -0.3 is 5.32 Å². The Morgan fingerprint density at radius 1 is 1.27 bits per heavy atom. The van der Waals surface area contributed by atoms with E-state index in [0.717, 1.165) is 11.3 Å². The number of fused-ring (bicyclic) bond motifs is 2. The number of thioether (sulfide) groups is 1. The SMILES string of the molecule is Cc1ccnc(NC(=O)C[C@H]2CSc3nc4c(cnn4-c4ccccc4)c(=O)n32)c1. The molecule has 1 N–H and O–H groups in total. The molecule has 8 nitrogen and oxygen atoms in total. The number of anilines is 1. The van der Waals surface area contributed by atoms with Gasteiger partial charge in [0.05, 0.1) is 17.9 Å². The van der Waals surface area contributed by atoms with Crippen molar-refractivity contribution in [3.05, 3.63) is 70.8 Å². The molecule has 3 aromatic heterocycles. The fourth-order valence-electron chi connectivity index (χ4n) is 3.55. The Labute approximate surface area is 176 Å². The topological polar surface area (TPSA) is 94.7 Å². The number of para-hydroxylation sites is 1. The van der Waals surface area contributed by atoms with Gasteiger partial charge in [0.1, 0.15) is 11.2 Å². The van der Waals surface area contributed by atoms with E-state index in [1.807, 2.05) is 49.4 Å². The number of rotatable bonds is 4. The summed E-state index contributed by atoms with van der Waals surface area (Å²) >= 11 is 1.48. The van der Waals surface area contributed by atoms with Gasteiger partial charge in [-0.1, -0.05) is 30.0 Å². The molecular weight excluding hydrogens is 400 g/mol. The Morgan fingerprint density at radius 3 is 2.90 bits per heavy atom. The largest absolute Gasteiger partial charge is 0.311 e. The van der Waals surface area contributed by atoms with Gasteiger partial charge >= 0.3 is 0 Å². The average Bonchev–Trinajstić information content (AvgIpc) is 3.34. The summed E-state index contributed by atoms with van der Waals surface area (Å²) in [5.74, 6) is 0.942. The summed E-state index contributed by atoms with van der Waals surface area (Å²) in [6, 6.07) is 13.0.